The van der Waals surface area contributed by atoms with Crippen LogP contribution < -0.4 is 11.0 Å². The Hall–Kier alpha value is -2.53. The Kier molecular flexibility index (Phi) is 5.74. The van der Waals surface area contributed by atoms with E-state index in [-0.39, 0.29) is 30.1 Å². The third kappa shape index (κ3) is 4.46. The predicted octanol–water partition coefficient (Wildman–Crippen LogP) is 0.230. The van der Waals surface area contributed by atoms with Crippen LogP contribution in [0, 0.1) is 5.92 Å². The van der Waals surface area contributed by atoms with Gasteiger partial charge in [-0.3, -0.25) is 14.3 Å². The van der Waals surface area contributed by atoms with Crippen molar-refractivity contribution in [1.82, 2.24) is 29.0 Å². The van der Waals surface area contributed by atoms with Crippen LogP contribution in [0.4, 0.5) is 0 Å². The summed E-state index contributed by atoms with van der Waals surface area (Å²) < 4.78 is 27.7. The molecule has 0 radical (unpaired) electrons. The highest BCUT2D eigenvalue weighted by Crippen LogP contribution is 2.36. The molecule has 10 nitrogen and oxygen atoms in total. The molecule has 0 unspecified atom stereocenters. The van der Waals surface area contributed by atoms with Crippen LogP contribution >= 0.6 is 0 Å². The van der Waals surface area contributed by atoms with Crippen molar-refractivity contribution in [3.8, 4) is 11.4 Å². The molecule has 0 spiro atoms. The average molecular weight is 435 g/mol. The Balaban J connectivity index is 1.37. The van der Waals surface area contributed by atoms with Crippen molar-refractivity contribution in [3.05, 3.63) is 35.0 Å². The van der Waals surface area contributed by atoms with E-state index in [1.54, 1.807) is 17.0 Å². The summed E-state index contributed by atoms with van der Waals surface area (Å²) in [6.45, 7) is 1.28. The number of amides is 1. The van der Waals surface area contributed by atoms with Crippen LogP contribution in [0.1, 0.15) is 31.7 Å². The summed E-state index contributed by atoms with van der Waals surface area (Å²) in [4.78, 5) is 29.4. The Morgan fingerprint density at radius 3 is 2.57 bits per heavy atom. The molecular formula is C19H26N6O4S. The molecule has 1 saturated carbocycles. The molecule has 2 fully saturated rings. The lowest BCUT2D eigenvalue weighted by Crippen LogP contribution is -2.43. The zero-order chi connectivity index (χ0) is 21.3. The maximum Gasteiger partial charge on any atom is 0.346 e. The number of nitrogens with zero attached hydrogens (tertiary/aromatic N) is 5. The summed E-state index contributed by atoms with van der Waals surface area (Å²) in [7, 11) is -3.21. The van der Waals surface area contributed by atoms with Gasteiger partial charge < -0.3 is 5.32 Å². The van der Waals surface area contributed by atoms with Crippen LogP contribution in [0.15, 0.2) is 29.3 Å². The fraction of sp³-hybridized carbons (Fsp3) is 0.579. The minimum Gasteiger partial charge on any atom is -0.354 e. The first-order valence-electron chi connectivity index (χ1n) is 10.2. The van der Waals surface area contributed by atoms with Gasteiger partial charge in [0.25, 0.3) is 0 Å². The summed E-state index contributed by atoms with van der Waals surface area (Å²) >= 11 is 0. The van der Waals surface area contributed by atoms with Crippen LogP contribution in [0.5, 0.6) is 0 Å². The van der Waals surface area contributed by atoms with Gasteiger partial charge in [0.2, 0.25) is 15.9 Å². The van der Waals surface area contributed by atoms with Gasteiger partial charge in [-0.25, -0.2) is 22.2 Å². The number of sulfonamides is 1. The monoisotopic (exact) mass is 434 g/mol. The SMILES string of the molecule is CS(=O)(=O)N1CCC(C(=O)NCCn2nc(-c3cccnc3)n(C3CC3)c2=O)CC1. The average Bonchev–Trinajstić information content (AvgIpc) is 3.52. The quantitative estimate of drug-likeness (QED) is 0.666. The summed E-state index contributed by atoms with van der Waals surface area (Å²) in [6, 6.07) is 3.87. The first kappa shape index (κ1) is 20.7. The Labute approximate surface area is 175 Å². The van der Waals surface area contributed by atoms with E-state index in [1.807, 2.05) is 12.1 Å². The van der Waals surface area contributed by atoms with E-state index in [0.29, 0.717) is 38.3 Å². The maximum atomic E-state index is 12.8. The summed E-state index contributed by atoms with van der Waals surface area (Å²) in [6.07, 6.45) is 7.47. The molecule has 1 aliphatic carbocycles. The van der Waals surface area contributed by atoms with Gasteiger partial charge in [0, 0.05) is 49.6 Å². The van der Waals surface area contributed by atoms with Crippen molar-refractivity contribution in [1.29, 1.82) is 0 Å². The zero-order valence-electron chi connectivity index (χ0n) is 16.9. The predicted molar refractivity (Wildman–Crippen MR) is 110 cm³/mol. The number of carbonyl (C=O) groups is 1. The highest BCUT2D eigenvalue weighted by Gasteiger charge is 2.31. The molecule has 30 heavy (non-hydrogen) atoms. The Morgan fingerprint density at radius 2 is 1.97 bits per heavy atom. The van der Waals surface area contributed by atoms with Crippen molar-refractivity contribution in [2.45, 2.75) is 38.3 Å². The molecule has 0 atom stereocenters. The molecule has 1 amide bonds. The second kappa shape index (κ2) is 8.31. The second-order valence-electron chi connectivity index (χ2n) is 7.90. The van der Waals surface area contributed by atoms with Gasteiger partial charge in [-0.1, -0.05) is 0 Å². The highest BCUT2D eigenvalue weighted by molar-refractivity contribution is 7.88. The van der Waals surface area contributed by atoms with Gasteiger partial charge in [-0.05, 0) is 37.8 Å². The minimum absolute atomic E-state index is 0.106. The van der Waals surface area contributed by atoms with Crippen molar-refractivity contribution < 1.29 is 13.2 Å². The molecule has 2 aliphatic rings. The largest absolute Gasteiger partial charge is 0.354 e. The molecule has 2 aromatic rings. The van der Waals surface area contributed by atoms with Gasteiger partial charge in [-0.15, -0.1) is 5.10 Å². The van der Waals surface area contributed by atoms with Crippen molar-refractivity contribution in [2.24, 2.45) is 5.92 Å². The third-order valence-electron chi connectivity index (χ3n) is 5.62. The molecule has 11 heteroatoms. The lowest BCUT2D eigenvalue weighted by Gasteiger charge is -2.29. The maximum absolute atomic E-state index is 12.8. The van der Waals surface area contributed by atoms with Gasteiger partial charge in [0.15, 0.2) is 5.82 Å². The smallest absolute Gasteiger partial charge is 0.346 e. The third-order valence-corrected chi connectivity index (χ3v) is 6.92. The first-order chi connectivity index (χ1) is 14.3. The summed E-state index contributed by atoms with van der Waals surface area (Å²) in [5.74, 6) is 0.287. The molecule has 1 saturated heterocycles. The van der Waals surface area contributed by atoms with E-state index in [1.165, 1.54) is 15.2 Å². The molecule has 162 valence electrons. The molecule has 3 heterocycles. The van der Waals surface area contributed by atoms with Crippen LogP contribution in [0.25, 0.3) is 11.4 Å². The van der Waals surface area contributed by atoms with Crippen LogP contribution in [0.2, 0.25) is 0 Å². The number of pyridine rings is 1. The fourth-order valence-electron chi connectivity index (χ4n) is 3.80. The van der Waals surface area contributed by atoms with Gasteiger partial charge in [-0.2, -0.15) is 0 Å². The van der Waals surface area contributed by atoms with E-state index in [9.17, 15) is 18.0 Å². The van der Waals surface area contributed by atoms with Crippen LogP contribution in [-0.2, 0) is 21.4 Å². The van der Waals surface area contributed by atoms with Gasteiger partial charge in [0.05, 0.1) is 12.8 Å². The molecule has 4 rings (SSSR count). The zero-order valence-corrected chi connectivity index (χ0v) is 17.7. The molecule has 1 aliphatic heterocycles. The van der Waals surface area contributed by atoms with Crippen LogP contribution in [0.3, 0.4) is 0 Å². The normalized spacial score (nSPS) is 18.4. The number of rotatable bonds is 7. The number of piperidine rings is 1. The highest BCUT2D eigenvalue weighted by atomic mass is 32.2. The molecule has 2 aromatic heterocycles. The van der Waals surface area contributed by atoms with Gasteiger partial charge in [0.1, 0.15) is 0 Å². The number of aromatic nitrogens is 4. The topological polar surface area (TPSA) is 119 Å². The molecule has 0 aromatic carbocycles. The van der Waals surface area contributed by atoms with Crippen molar-refractivity contribution in [3.63, 3.8) is 0 Å². The number of hydrogen-bond acceptors (Lipinski definition) is 6. The number of hydrogen-bond donors (Lipinski definition) is 1. The van der Waals surface area contributed by atoms with E-state index in [4.69, 9.17) is 0 Å². The molecule has 1 N–H and O–H groups in total. The van der Waals surface area contributed by atoms with Crippen molar-refractivity contribution in [2.75, 3.05) is 25.9 Å². The summed E-state index contributed by atoms with van der Waals surface area (Å²) in [5, 5.41) is 7.36. The standard InChI is InChI=1S/C19H26N6O4S/c1-30(28,29)23-10-6-14(7-11-23)18(26)21-9-12-24-19(27)25(16-4-5-16)17(22-24)15-3-2-8-20-13-15/h2-3,8,13-14,16H,4-7,9-12H2,1H3,(H,21,26). The minimum atomic E-state index is -3.21. The van der Waals surface area contributed by atoms with E-state index >= 15 is 0 Å². The van der Waals surface area contributed by atoms with E-state index in [0.717, 1.165) is 18.4 Å². The van der Waals surface area contributed by atoms with Crippen molar-refractivity contribution >= 4 is 15.9 Å². The lowest BCUT2D eigenvalue weighted by atomic mass is 9.97. The second-order valence-corrected chi connectivity index (χ2v) is 9.88. The fourth-order valence-corrected chi connectivity index (χ4v) is 4.67. The first-order valence-corrected chi connectivity index (χ1v) is 12.0. The van der Waals surface area contributed by atoms with Crippen LogP contribution in [-0.4, -0.2) is 63.9 Å². The van der Waals surface area contributed by atoms with Gasteiger partial charge >= 0.3 is 5.69 Å². The Bertz CT molecular complexity index is 1070. The lowest BCUT2D eigenvalue weighted by molar-refractivity contribution is -0.126. The summed E-state index contributed by atoms with van der Waals surface area (Å²) in [5.41, 5.74) is 0.619. The molecular weight excluding hydrogens is 408 g/mol. The Morgan fingerprint density at radius 1 is 1.23 bits per heavy atom. The van der Waals surface area contributed by atoms with E-state index in [2.05, 4.69) is 15.4 Å². The number of carbonyl (C=O) groups excluding carboxylic acids is 1. The molecule has 0 bridgehead atoms. The number of nitrogens with one attached hydrogen (secondary N) is 1. The van der Waals surface area contributed by atoms with E-state index < -0.39 is 10.0 Å².